The van der Waals surface area contributed by atoms with E-state index in [-0.39, 0.29) is 11.5 Å². The van der Waals surface area contributed by atoms with Gasteiger partial charge in [0, 0.05) is 25.5 Å². The molecule has 1 aromatic heterocycles. The van der Waals surface area contributed by atoms with Crippen LogP contribution in [-0.2, 0) is 0 Å². The molecule has 1 aromatic rings. The summed E-state index contributed by atoms with van der Waals surface area (Å²) in [5.74, 6) is -0.720. The molecule has 0 spiro atoms. The van der Waals surface area contributed by atoms with Gasteiger partial charge in [0.1, 0.15) is 0 Å². The van der Waals surface area contributed by atoms with Crippen LogP contribution in [0.15, 0.2) is 18.5 Å². The van der Waals surface area contributed by atoms with Gasteiger partial charge in [-0.3, -0.25) is 14.6 Å². The average molecular weight is 221 g/mol. The molecule has 0 bridgehead atoms. The number of nitrogens with zero attached hydrogens (tertiary/aromatic N) is 2. The molecule has 0 fully saturated rings. The van der Waals surface area contributed by atoms with Crippen LogP contribution in [0.1, 0.15) is 34.6 Å². The molecule has 0 aromatic carbocycles. The van der Waals surface area contributed by atoms with E-state index in [1.807, 2.05) is 13.8 Å². The molecule has 5 nitrogen and oxygen atoms in total. The van der Waals surface area contributed by atoms with Gasteiger partial charge in [0.05, 0.1) is 11.1 Å². The average Bonchev–Trinajstić information content (AvgIpc) is 2.30. The van der Waals surface area contributed by atoms with Crippen molar-refractivity contribution in [1.29, 1.82) is 0 Å². The summed E-state index contributed by atoms with van der Waals surface area (Å²) in [7, 11) is 0. The quantitative estimate of drug-likeness (QED) is 0.811. The lowest BCUT2D eigenvalue weighted by Gasteiger charge is -2.18. The number of hydrogen-bond acceptors (Lipinski definition) is 3. The fourth-order valence-corrected chi connectivity index (χ4v) is 1.39. The Morgan fingerprint density at radius 2 is 1.81 bits per heavy atom. The van der Waals surface area contributed by atoms with E-state index in [1.54, 1.807) is 4.90 Å². The zero-order valence-electron chi connectivity index (χ0n) is 9.43. The largest absolute Gasteiger partial charge is 0.366 e. The molecule has 1 heterocycles. The zero-order chi connectivity index (χ0) is 12.1. The molecule has 2 amide bonds. The number of rotatable bonds is 4. The third kappa shape index (κ3) is 2.56. The SMILES string of the molecule is CCN(CC)C(=O)c1cncc(C(N)=O)c1. The standard InChI is InChI=1S/C11H15N3O2/c1-3-14(4-2)11(16)9-5-8(10(12)15)6-13-7-9/h5-7H,3-4H2,1-2H3,(H2,12,15). The van der Waals surface area contributed by atoms with Crippen molar-refractivity contribution >= 4 is 11.8 Å². The lowest BCUT2D eigenvalue weighted by molar-refractivity contribution is 0.0772. The van der Waals surface area contributed by atoms with Crippen molar-refractivity contribution in [2.45, 2.75) is 13.8 Å². The molecule has 0 atom stereocenters. The number of amides is 2. The lowest BCUT2D eigenvalue weighted by atomic mass is 10.2. The van der Waals surface area contributed by atoms with Crippen LogP contribution in [0.3, 0.4) is 0 Å². The van der Waals surface area contributed by atoms with Gasteiger partial charge in [0.2, 0.25) is 5.91 Å². The van der Waals surface area contributed by atoms with Crippen molar-refractivity contribution < 1.29 is 9.59 Å². The maximum Gasteiger partial charge on any atom is 0.255 e. The molecule has 0 saturated heterocycles. The molecule has 0 unspecified atom stereocenters. The number of primary amides is 1. The Kier molecular flexibility index (Phi) is 3.99. The Morgan fingerprint density at radius 3 is 2.31 bits per heavy atom. The number of aromatic nitrogens is 1. The molecule has 2 N–H and O–H groups in total. The maximum atomic E-state index is 11.9. The molecule has 0 radical (unpaired) electrons. The fraction of sp³-hybridized carbons (Fsp3) is 0.364. The number of hydrogen-bond donors (Lipinski definition) is 1. The Hall–Kier alpha value is -1.91. The van der Waals surface area contributed by atoms with Crippen molar-refractivity contribution in [3.8, 4) is 0 Å². The van der Waals surface area contributed by atoms with Crippen molar-refractivity contribution in [2.24, 2.45) is 5.73 Å². The molecule has 5 heteroatoms. The van der Waals surface area contributed by atoms with E-state index in [0.29, 0.717) is 18.7 Å². The van der Waals surface area contributed by atoms with E-state index >= 15 is 0 Å². The number of carbonyl (C=O) groups excluding carboxylic acids is 2. The van der Waals surface area contributed by atoms with Gasteiger partial charge < -0.3 is 10.6 Å². The van der Waals surface area contributed by atoms with Crippen molar-refractivity contribution in [2.75, 3.05) is 13.1 Å². The van der Waals surface area contributed by atoms with E-state index in [9.17, 15) is 9.59 Å². The summed E-state index contributed by atoms with van der Waals surface area (Å²) in [5.41, 5.74) is 5.76. The van der Waals surface area contributed by atoms with Crippen molar-refractivity contribution in [3.63, 3.8) is 0 Å². The fourth-order valence-electron chi connectivity index (χ4n) is 1.39. The highest BCUT2D eigenvalue weighted by molar-refractivity contribution is 5.98. The van der Waals surface area contributed by atoms with Crippen LogP contribution < -0.4 is 5.73 Å². The highest BCUT2D eigenvalue weighted by atomic mass is 16.2. The number of carbonyl (C=O) groups is 2. The monoisotopic (exact) mass is 221 g/mol. The Bertz CT molecular complexity index is 400. The second kappa shape index (κ2) is 5.25. The molecule has 1 rings (SSSR count). The third-order valence-corrected chi connectivity index (χ3v) is 2.32. The van der Waals surface area contributed by atoms with Gasteiger partial charge in [0.25, 0.3) is 5.91 Å². The van der Waals surface area contributed by atoms with Gasteiger partial charge in [-0.1, -0.05) is 0 Å². The minimum atomic E-state index is -0.582. The maximum absolute atomic E-state index is 11.9. The summed E-state index contributed by atoms with van der Waals surface area (Å²) in [4.78, 5) is 28.3. The van der Waals surface area contributed by atoms with Gasteiger partial charge in [-0.2, -0.15) is 0 Å². The van der Waals surface area contributed by atoms with Crippen LogP contribution >= 0.6 is 0 Å². The summed E-state index contributed by atoms with van der Waals surface area (Å²) in [6.07, 6.45) is 2.79. The van der Waals surface area contributed by atoms with Crippen LogP contribution in [0.2, 0.25) is 0 Å². The predicted octanol–water partition coefficient (Wildman–Crippen LogP) is 0.662. The van der Waals surface area contributed by atoms with Crippen LogP contribution in [0.4, 0.5) is 0 Å². The van der Waals surface area contributed by atoms with Gasteiger partial charge in [0.15, 0.2) is 0 Å². The van der Waals surface area contributed by atoms with Crippen molar-refractivity contribution in [3.05, 3.63) is 29.6 Å². The van der Waals surface area contributed by atoms with E-state index in [2.05, 4.69) is 4.98 Å². The van der Waals surface area contributed by atoms with Crippen LogP contribution in [0, 0.1) is 0 Å². The summed E-state index contributed by atoms with van der Waals surface area (Å²) < 4.78 is 0. The summed E-state index contributed by atoms with van der Waals surface area (Å²) in [6.45, 7) is 5.03. The van der Waals surface area contributed by atoms with E-state index in [0.717, 1.165) is 0 Å². The first kappa shape index (κ1) is 12.2. The minimum absolute atomic E-state index is 0.138. The number of nitrogens with two attached hydrogens (primary N) is 1. The lowest BCUT2D eigenvalue weighted by Crippen LogP contribution is -2.30. The molecular weight excluding hydrogens is 206 g/mol. The van der Waals surface area contributed by atoms with E-state index in [4.69, 9.17) is 5.73 Å². The highest BCUT2D eigenvalue weighted by Gasteiger charge is 2.14. The molecule has 0 aliphatic heterocycles. The van der Waals surface area contributed by atoms with Crippen LogP contribution in [0.5, 0.6) is 0 Å². The second-order valence-electron chi connectivity index (χ2n) is 3.30. The first-order valence-corrected chi connectivity index (χ1v) is 5.14. The number of pyridine rings is 1. The first-order chi connectivity index (χ1) is 7.60. The predicted molar refractivity (Wildman–Crippen MR) is 60.0 cm³/mol. The second-order valence-corrected chi connectivity index (χ2v) is 3.30. The normalized spacial score (nSPS) is 9.88. The summed E-state index contributed by atoms with van der Waals surface area (Å²) in [6, 6.07) is 1.47. The first-order valence-electron chi connectivity index (χ1n) is 5.14. The Morgan fingerprint density at radius 1 is 1.25 bits per heavy atom. The van der Waals surface area contributed by atoms with Crippen LogP contribution in [0.25, 0.3) is 0 Å². The molecule has 0 aliphatic rings. The topological polar surface area (TPSA) is 76.3 Å². The summed E-state index contributed by atoms with van der Waals surface area (Å²) >= 11 is 0. The molecule has 86 valence electrons. The summed E-state index contributed by atoms with van der Waals surface area (Å²) in [5, 5.41) is 0. The Labute approximate surface area is 94.3 Å². The van der Waals surface area contributed by atoms with E-state index in [1.165, 1.54) is 18.5 Å². The third-order valence-electron chi connectivity index (χ3n) is 2.32. The van der Waals surface area contributed by atoms with Gasteiger partial charge in [-0.05, 0) is 19.9 Å². The zero-order valence-corrected chi connectivity index (χ0v) is 9.43. The van der Waals surface area contributed by atoms with Gasteiger partial charge in [-0.15, -0.1) is 0 Å². The molecule has 0 aliphatic carbocycles. The van der Waals surface area contributed by atoms with Gasteiger partial charge in [-0.25, -0.2) is 0 Å². The Balaban J connectivity index is 3.00. The van der Waals surface area contributed by atoms with Crippen LogP contribution in [-0.4, -0.2) is 34.8 Å². The molecule has 16 heavy (non-hydrogen) atoms. The molecule has 0 saturated carbocycles. The van der Waals surface area contributed by atoms with Gasteiger partial charge >= 0.3 is 0 Å². The molecular formula is C11H15N3O2. The highest BCUT2D eigenvalue weighted by Crippen LogP contribution is 2.06. The smallest absolute Gasteiger partial charge is 0.255 e. The minimum Gasteiger partial charge on any atom is -0.366 e. The van der Waals surface area contributed by atoms with E-state index < -0.39 is 5.91 Å². The van der Waals surface area contributed by atoms with Crippen molar-refractivity contribution in [1.82, 2.24) is 9.88 Å².